The standard InChI is InChI=1S/C10H22N4O2/c1-9(10(11)13-15)12-3-2-4-14-5-7-16-8-6-14/h9,12,15H,2-8H2,1H3,(H2,11,13). The van der Waals surface area contributed by atoms with Crippen LogP contribution >= 0.6 is 0 Å². The van der Waals surface area contributed by atoms with E-state index in [0.29, 0.717) is 0 Å². The highest BCUT2D eigenvalue weighted by Crippen LogP contribution is 1.97. The van der Waals surface area contributed by atoms with Crippen LogP contribution in [0, 0.1) is 0 Å². The first-order chi connectivity index (χ1) is 7.74. The highest BCUT2D eigenvalue weighted by atomic mass is 16.5. The molecule has 1 unspecified atom stereocenters. The van der Waals surface area contributed by atoms with Gasteiger partial charge in [-0.15, -0.1) is 0 Å². The molecule has 1 aliphatic heterocycles. The third kappa shape index (κ3) is 4.78. The Morgan fingerprint density at radius 2 is 2.25 bits per heavy atom. The molecule has 0 amide bonds. The second-order valence-corrected chi connectivity index (χ2v) is 4.01. The molecule has 6 nitrogen and oxygen atoms in total. The number of morpholine rings is 1. The maximum Gasteiger partial charge on any atom is 0.156 e. The number of amidine groups is 1. The van der Waals surface area contributed by atoms with Crippen LogP contribution in [0.15, 0.2) is 5.16 Å². The van der Waals surface area contributed by atoms with Gasteiger partial charge in [0.05, 0.1) is 19.3 Å². The lowest BCUT2D eigenvalue weighted by molar-refractivity contribution is 0.0374. The number of hydrogen-bond donors (Lipinski definition) is 3. The largest absolute Gasteiger partial charge is 0.409 e. The summed E-state index contributed by atoms with van der Waals surface area (Å²) in [5.41, 5.74) is 5.45. The molecule has 0 spiro atoms. The summed E-state index contributed by atoms with van der Waals surface area (Å²) in [6.07, 6.45) is 1.06. The van der Waals surface area contributed by atoms with Crippen molar-refractivity contribution >= 4 is 5.84 Å². The zero-order valence-electron chi connectivity index (χ0n) is 9.85. The Morgan fingerprint density at radius 1 is 1.56 bits per heavy atom. The fourth-order valence-corrected chi connectivity index (χ4v) is 1.64. The quantitative estimate of drug-likeness (QED) is 0.187. The summed E-state index contributed by atoms with van der Waals surface area (Å²) < 4.78 is 5.27. The van der Waals surface area contributed by atoms with Crippen LogP contribution in [-0.4, -0.2) is 61.4 Å². The van der Waals surface area contributed by atoms with Crippen molar-refractivity contribution in [2.45, 2.75) is 19.4 Å². The van der Waals surface area contributed by atoms with Gasteiger partial charge in [-0.25, -0.2) is 0 Å². The first-order valence-corrected chi connectivity index (χ1v) is 5.75. The van der Waals surface area contributed by atoms with Crippen LogP contribution in [0.5, 0.6) is 0 Å². The molecule has 0 aromatic rings. The van der Waals surface area contributed by atoms with E-state index in [2.05, 4.69) is 15.4 Å². The fraction of sp³-hybridized carbons (Fsp3) is 0.900. The highest BCUT2D eigenvalue weighted by molar-refractivity contribution is 5.84. The van der Waals surface area contributed by atoms with Crippen molar-refractivity contribution in [1.29, 1.82) is 0 Å². The number of nitrogens with two attached hydrogens (primary N) is 1. The monoisotopic (exact) mass is 230 g/mol. The van der Waals surface area contributed by atoms with E-state index in [1.165, 1.54) is 0 Å². The van der Waals surface area contributed by atoms with Crippen molar-refractivity contribution < 1.29 is 9.94 Å². The third-order valence-corrected chi connectivity index (χ3v) is 2.76. The molecular weight excluding hydrogens is 208 g/mol. The Hall–Kier alpha value is -0.850. The summed E-state index contributed by atoms with van der Waals surface area (Å²) in [5, 5.41) is 14.6. The molecule has 0 saturated carbocycles. The maximum absolute atomic E-state index is 8.47. The number of nitrogens with one attached hydrogen (secondary N) is 1. The molecule has 0 bridgehead atoms. The van der Waals surface area contributed by atoms with Crippen molar-refractivity contribution in [2.75, 3.05) is 39.4 Å². The zero-order valence-corrected chi connectivity index (χ0v) is 9.85. The van der Waals surface area contributed by atoms with Gasteiger partial charge in [-0.1, -0.05) is 5.16 Å². The van der Waals surface area contributed by atoms with E-state index >= 15 is 0 Å². The highest BCUT2D eigenvalue weighted by Gasteiger charge is 2.10. The SMILES string of the molecule is CC(NCCCN1CCOCC1)C(N)=NO. The first kappa shape index (κ1) is 13.2. The lowest BCUT2D eigenvalue weighted by Gasteiger charge is -2.26. The summed E-state index contributed by atoms with van der Waals surface area (Å²) in [6.45, 7) is 7.55. The van der Waals surface area contributed by atoms with Gasteiger partial charge in [0, 0.05) is 13.1 Å². The van der Waals surface area contributed by atoms with Crippen LogP contribution in [0.4, 0.5) is 0 Å². The molecule has 0 aromatic heterocycles. The summed E-state index contributed by atoms with van der Waals surface area (Å²) >= 11 is 0. The molecule has 1 heterocycles. The van der Waals surface area contributed by atoms with E-state index in [0.717, 1.165) is 45.8 Å². The van der Waals surface area contributed by atoms with Crippen LogP contribution < -0.4 is 11.1 Å². The minimum absolute atomic E-state index is 0.0744. The van der Waals surface area contributed by atoms with E-state index in [4.69, 9.17) is 15.7 Å². The second kappa shape index (κ2) is 7.43. The zero-order chi connectivity index (χ0) is 11.8. The van der Waals surface area contributed by atoms with Crippen molar-refractivity contribution in [1.82, 2.24) is 10.2 Å². The van der Waals surface area contributed by atoms with Gasteiger partial charge in [-0.2, -0.15) is 0 Å². The molecule has 16 heavy (non-hydrogen) atoms. The Morgan fingerprint density at radius 3 is 2.88 bits per heavy atom. The van der Waals surface area contributed by atoms with Gasteiger partial charge in [-0.05, 0) is 26.4 Å². The molecule has 0 aromatic carbocycles. The number of rotatable bonds is 6. The van der Waals surface area contributed by atoms with Gasteiger partial charge in [0.1, 0.15) is 0 Å². The summed E-state index contributed by atoms with van der Waals surface area (Å²) in [5.74, 6) is 0.228. The molecule has 0 radical (unpaired) electrons. The summed E-state index contributed by atoms with van der Waals surface area (Å²) in [6, 6.07) is -0.0744. The molecule has 1 atom stereocenters. The lowest BCUT2D eigenvalue weighted by atomic mass is 10.3. The Balaban J connectivity index is 2.02. The number of ether oxygens (including phenoxy) is 1. The van der Waals surface area contributed by atoms with E-state index in [-0.39, 0.29) is 11.9 Å². The van der Waals surface area contributed by atoms with Gasteiger partial charge in [-0.3, -0.25) is 4.90 Å². The van der Waals surface area contributed by atoms with Crippen molar-refractivity contribution in [2.24, 2.45) is 10.9 Å². The van der Waals surface area contributed by atoms with E-state index in [1.54, 1.807) is 0 Å². The van der Waals surface area contributed by atoms with Crippen molar-refractivity contribution in [3.05, 3.63) is 0 Å². The number of hydrogen-bond acceptors (Lipinski definition) is 5. The molecule has 0 aliphatic carbocycles. The molecule has 4 N–H and O–H groups in total. The normalized spacial score (nSPS) is 20.9. The number of oxime groups is 1. The van der Waals surface area contributed by atoms with Crippen molar-refractivity contribution in [3.8, 4) is 0 Å². The smallest absolute Gasteiger partial charge is 0.156 e. The molecule has 1 rings (SSSR count). The molecule has 94 valence electrons. The van der Waals surface area contributed by atoms with Crippen LogP contribution in [0.2, 0.25) is 0 Å². The molecule has 1 saturated heterocycles. The van der Waals surface area contributed by atoms with Gasteiger partial charge < -0.3 is 21.0 Å². The minimum atomic E-state index is -0.0744. The summed E-state index contributed by atoms with van der Waals surface area (Å²) in [7, 11) is 0. The Bertz CT molecular complexity index is 217. The van der Waals surface area contributed by atoms with Crippen LogP contribution in [-0.2, 0) is 4.74 Å². The van der Waals surface area contributed by atoms with E-state index < -0.39 is 0 Å². The predicted molar refractivity (Wildman–Crippen MR) is 62.7 cm³/mol. The molecule has 6 heteroatoms. The van der Waals surface area contributed by atoms with Gasteiger partial charge in [0.25, 0.3) is 0 Å². The topological polar surface area (TPSA) is 83.1 Å². The Labute approximate surface area is 96.4 Å². The van der Waals surface area contributed by atoms with Crippen LogP contribution in [0.1, 0.15) is 13.3 Å². The van der Waals surface area contributed by atoms with Crippen molar-refractivity contribution in [3.63, 3.8) is 0 Å². The van der Waals surface area contributed by atoms with E-state index in [9.17, 15) is 0 Å². The van der Waals surface area contributed by atoms with Crippen LogP contribution in [0.25, 0.3) is 0 Å². The van der Waals surface area contributed by atoms with Gasteiger partial charge in [0.2, 0.25) is 0 Å². The predicted octanol–water partition coefficient (Wildman–Crippen LogP) is -0.567. The van der Waals surface area contributed by atoms with Gasteiger partial charge in [0.15, 0.2) is 5.84 Å². The average Bonchev–Trinajstić information content (AvgIpc) is 2.34. The fourth-order valence-electron chi connectivity index (χ4n) is 1.64. The number of nitrogens with zero attached hydrogens (tertiary/aromatic N) is 2. The maximum atomic E-state index is 8.47. The lowest BCUT2D eigenvalue weighted by Crippen LogP contribution is -2.41. The molecule has 1 fully saturated rings. The van der Waals surface area contributed by atoms with E-state index in [1.807, 2.05) is 6.92 Å². The Kier molecular flexibility index (Phi) is 6.14. The molecular formula is C10H22N4O2. The second-order valence-electron chi connectivity index (χ2n) is 4.01. The van der Waals surface area contributed by atoms with Gasteiger partial charge >= 0.3 is 0 Å². The van der Waals surface area contributed by atoms with Crippen LogP contribution in [0.3, 0.4) is 0 Å². The first-order valence-electron chi connectivity index (χ1n) is 5.75. The minimum Gasteiger partial charge on any atom is -0.409 e. The average molecular weight is 230 g/mol. The third-order valence-electron chi connectivity index (χ3n) is 2.76. The molecule has 1 aliphatic rings. The summed E-state index contributed by atoms with van der Waals surface area (Å²) in [4.78, 5) is 2.39.